The molecule has 4 rings (SSSR count). The highest BCUT2D eigenvalue weighted by molar-refractivity contribution is 7.99. The monoisotopic (exact) mass is 423 g/mol. The maximum absolute atomic E-state index is 12.7. The molecule has 1 aliphatic carbocycles. The first-order chi connectivity index (χ1) is 14.5. The number of aryl methyl sites for hydroxylation is 1. The number of carbonyl (C=O) groups is 3. The van der Waals surface area contributed by atoms with E-state index in [1.54, 1.807) is 22.7 Å². The topological polar surface area (TPSA) is 78.5 Å². The number of amides is 3. The molecule has 0 aromatic heterocycles. The number of hydrogen-bond donors (Lipinski definition) is 2. The Morgan fingerprint density at radius 3 is 2.67 bits per heavy atom. The van der Waals surface area contributed by atoms with E-state index in [9.17, 15) is 14.4 Å². The van der Waals surface area contributed by atoms with Crippen molar-refractivity contribution >= 4 is 46.5 Å². The van der Waals surface area contributed by atoms with Gasteiger partial charge < -0.3 is 15.5 Å². The molecule has 0 bridgehead atoms. The molecule has 1 heterocycles. The molecule has 156 valence electrons. The van der Waals surface area contributed by atoms with Crippen LogP contribution in [0.4, 0.5) is 17.1 Å². The number of thioether (sulfide) groups is 1. The Morgan fingerprint density at radius 1 is 1.07 bits per heavy atom. The summed E-state index contributed by atoms with van der Waals surface area (Å²) in [6, 6.07) is 13.3. The average Bonchev–Trinajstić information content (AvgIpc) is 3.59. The largest absolute Gasteiger partial charge is 0.326 e. The van der Waals surface area contributed by atoms with Crippen molar-refractivity contribution in [2.24, 2.45) is 5.92 Å². The minimum Gasteiger partial charge on any atom is -0.326 e. The number of nitrogens with zero attached hydrogens (tertiary/aromatic N) is 1. The van der Waals surface area contributed by atoms with Crippen LogP contribution >= 0.6 is 11.8 Å². The van der Waals surface area contributed by atoms with Gasteiger partial charge in [-0.1, -0.05) is 18.2 Å². The second-order valence-electron chi connectivity index (χ2n) is 7.70. The number of fused-ring (bicyclic) bond motifs is 1. The summed E-state index contributed by atoms with van der Waals surface area (Å²) in [7, 11) is 0. The molecular formula is C23H25N3O3S. The summed E-state index contributed by atoms with van der Waals surface area (Å²) in [6.07, 6.45) is 2.15. The van der Waals surface area contributed by atoms with Crippen molar-refractivity contribution in [3.8, 4) is 0 Å². The van der Waals surface area contributed by atoms with Gasteiger partial charge in [0.25, 0.3) is 0 Å². The first-order valence-corrected chi connectivity index (χ1v) is 11.2. The Bertz CT molecular complexity index is 987. The highest BCUT2D eigenvalue weighted by atomic mass is 32.2. The lowest BCUT2D eigenvalue weighted by Gasteiger charge is -2.29. The summed E-state index contributed by atoms with van der Waals surface area (Å²) in [5, 5.41) is 5.78. The summed E-state index contributed by atoms with van der Waals surface area (Å²) in [4.78, 5) is 40.0. The van der Waals surface area contributed by atoms with Crippen molar-refractivity contribution < 1.29 is 14.4 Å². The maximum Gasteiger partial charge on any atom is 0.227 e. The van der Waals surface area contributed by atoms with Crippen LogP contribution in [0.3, 0.4) is 0 Å². The number of carbonyl (C=O) groups excluding carboxylic acids is 3. The first-order valence-electron chi connectivity index (χ1n) is 10.2. The minimum absolute atomic E-state index is 0.0294. The standard InChI is InChI=1S/C23H25N3O3S/c1-15-6-9-17(24-23(29)16-7-8-16)14-18(15)25-21(27)10-11-22(28)26-12-13-30-20-5-3-2-4-19(20)26/h2-6,9,14,16H,7-8,10-13H2,1H3,(H,24,29)(H,25,27). The van der Waals surface area contributed by atoms with Crippen LogP contribution in [0.1, 0.15) is 31.2 Å². The zero-order chi connectivity index (χ0) is 21.1. The van der Waals surface area contributed by atoms with Gasteiger partial charge in [-0.2, -0.15) is 0 Å². The van der Waals surface area contributed by atoms with E-state index in [-0.39, 0.29) is 36.5 Å². The van der Waals surface area contributed by atoms with Crippen LogP contribution in [0.2, 0.25) is 0 Å². The lowest BCUT2D eigenvalue weighted by Crippen LogP contribution is -2.35. The second-order valence-corrected chi connectivity index (χ2v) is 8.84. The molecule has 0 saturated heterocycles. The van der Waals surface area contributed by atoms with E-state index in [1.165, 1.54) is 0 Å². The molecule has 2 aromatic rings. The van der Waals surface area contributed by atoms with Crippen LogP contribution < -0.4 is 15.5 Å². The fraction of sp³-hybridized carbons (Fsp3) is 0.348. The lowest BCUT2D eigenvalue weighted by molar-refractivity contribution is -0.122. The van der Waals surface area contributed by atoms with Crippen LogP contribution in [-0.2, 0) is 14.4 Å². The van der Waals surface area contributed by atoms with Crippen LogP contribution in [0.15, 0.2) is 47.4 Å². The summed E-state index contributed by atoms with van der Waals surface area (Å²) < 4.78 is 0. The highest BCUT2D eigenvalue weighted by Crippen LogP contribution is 2.34. The van der Waals surface area contributed by atoms with Gasteiger partial charge >= 0.3 is 0 Å². The summed E-state index contributed by atoms with van der Waals surface area (Å²) in [5.74, 6) is 0.750. The Labute approximate surface area is 180 Å². The summed E-state index contributed by atoms with van der Waals surface area (Å²) >= 11 is 1.75. The zero-order valence-corrected chi connectivity index (χ0v) is 17.8. The molecule has 1 aliphatic heterocycles. The fourth-order valence-electron chi connectivity index (χ4n) is 3.42. The van der Waals surface area contributed by atoms with Crippen molar-refractivity contribution in [2.75, 3.05) is 27.8 Å². The molecular weight excluding hydrogens is 398 g/mol. The quantitative estimate of drug-likeness (QED) is 0.730. The second kappa shape index (κ2) is 8.92. The summed E-state index contributed by atoms with van der Waals surface area (Å²) in [5.41, 5.74) is 3.15. The smallest absolute Gasteiger partial charge is 0.227 e. The number of anilines is 3. The number of para-hydroxylation sites is 1. The van der Waals surface area contributed by atoms with Crippen molar-refractivity contribution in [3.05, 3.63) is 48.0 Å². The molecule has 6 nitrogen and oxygen atoms in total. The molecule has 0 unspecified atom stereocenters. The first kappa shape index (κ1) is 20.5. The van der Waals surface area contributed by atoms with Crippen molar-refractivity contribution in [2.45, 2.75) is 37.5 Å². The van der Waals surface area contributed by atoms with Crippen LogP contribution in [0, 0.1) is 12.8 Å². The molecule has 3 amide bonds. The minimum atomic E-state index is -0.211. The van der Waals surface area contributed by atoms with Gasteiger partial charge in [0.2, 0.25) is 17.7 Å². The fourth-order valence-corrected chi connectivity index (χ4v) is 4.42. The van der Waals surface area contributed by atoms with Gasteiger partial charge in [0.1, 0.15) is 0 Å². The third-order valence-corrected chi connectivity index (χ3v) is 6.37. The van der Waals surface area contributed by atoms with E-state index >= 15 is 0 Å². The van der Waals surface area contributed by atoms with Gasteiger partial charge in [-0.05, 0) is 49.6 Å². The number of nitrogens with one attached hydrogen (secondary N) is 2. The SMILES string of the molecule is Cc1ccc(NC(=O)C2CC2)cc1NC(=O)CCC(=O)N1CCSc2ccccc21. The Morgan fingerprint density at radius 2 is 1.87 bits per heavy atom. The maximum atomic E-state index is 12.7. The zero-order valence-electron chi connectivity index (χ0n) is 16.9. The molecule has 7 heteroatoms. The van der Waals surface area contributed by atoms with E-state index in [0.29, 0.717) is 17.9 Å². The van der Waals surface area contributed by atoms with Gasteiger partial charge in [0, 0.05) is 47.3 Å². The van der Waals surface area contributed by atoms with Crippen molar-refractivity contribution in [3.63, 3.8) is 0 Å². The molecule has 0 spiro atoms. The summed E-state index contributed by atoms with van der Waals surface area (Å²) in [6.45, 7) is 2.56. The van der Waals surface area contributed by atoms with E-state index < -0.39 is 0 Å². The van der Waals surface area contributed by atoms with Crippen LogP contribution in [-0.4, -0.2) is 30.0 Å². The van der Waals surface area contributed by atoms with E-state index in [2.05, 4.69) is 10.6 Å². The van der Waals surface area contributed by atoms with Gasteiger partial charge in [0.15, 0.2) is 0 Å². The predicted octanol–water partition coefficient (Wildman–Crippen LogP) is 4.20. The number of hydrogen-bond acceptors (Lipinski definition) is 4. The molecule has 30 heavy (non-hydrogen) atoms. The molecule has 2 aromatic carbocycles. The van der Waals surface area contributed by atoms with Gasteiger partial charge in [-0.3, -0.25) is 14.4 Å². The Balaban J connectivity index is 1.34. The third kappa shape index (κ3) is 4.84. The molecule has 2 aliphatic rings. The lowest BCUT2D eigenvalue weighted by atomic mass is 10.1. The molecule has 0 radical (unpaired) electrons. The number of rotatable bonds is 6. The van der Waals surface area contributed by atoms with Gasteiger partial charge in [-0.15, -0.1) is 11.8 Å². The molecule has 1 saturated carbocycles. The van der Waals surface area contributed by atoms with Crippen LogP contribution in [0.25, 0.3) is 0 Å². The van der Waals surface area contributed by atoms with Crippen molar-refractivity contribution in [1.29, 1.82) is 0 Å². The van der Waals surface area contributed by atoms with E-state index in [0.717, 1.165) is 34.7 Å². The molecule has 2 N–H and O–H groups in total. The van der Waals surface area contributed by atoms with Crippen LogP contribution in [0.5, 0.6) is 0 Å². The van der Waals surface area contributed by atoms with E-state index in [1.807, 2.05) is 43.3 Å². The van der Waals surface area contributed by atoms with Gasteiger partial charge in [-0.25, -0.2) is 0 Å². The normalized spacial score (nSPS) is 15.3. The van der Waals surface area contributed by atoms with Crippen molar-refractivity contribution in [1.82, 2.24) is 0 Å². The number of benzene rings is 2. The Hall–Kier alpha value is -2.80. The predicted molar refractivity (Wildman–Crippen MR) is 120 cm³/mol. The highest BCUT2D eigenvalue weighted by Gasteiger charge is 2.29. The molecule has 1 fully saturated rings. The van der Waals surface area contributed by atoms with E-state index in [4.69, 9.17) is 0 Å². The third-order valence-electron chi connectivity index (χ3n) is 5.32. The van der Waals surface area contributed by atoms with Gasteiger partial charge in [0.05, 0.1) is 5.69 Å². The molecule has 0 atom stereocenters. The Kier molecular flexibility index (Phi) is 6.08. The average molecular weight is 424 g/mol.